The summed E-state index contributed by atoms with van der Waals surface area (Å²) < 4.78 is 1.72. The zero-order valence-corrected chi connectivity index (χ0v) is 9.89. The van der Waals surface area contributed by atoms with Gasteiger partial charge in [-0.25, -0.2) is 0 Å². The van der Waals surface area contributed by atoms with Crippen LogP contribution < -0.4 is 5.32 Å². The molecule has 2 aromatic rings. The zero-order chi connectivity index (χ0) is 12.1. The Hall–Kier alpha value is -1.81. The van der Waals surface area contributed by atoms with E-state index in [0.717, 1.165) is 0 Å². The fourth-order valence-corrected chi connectivity index (χ4v) is 1.63. The summed E-state index contributed by atoms with van der Waals surface area (Å²) in [7, 11) is 0. The van der Waals surface area contributed by atoms with Crippen LogP contribution in [0.2, 0.25) is 5.02 Å². The van der Waals surface area contributed by atoms with Crippen molar-refractivity contribution in [3.63, 3.8) is 0 Å². The molecular weight excluding hydrogens is 238 g/mol. The van der Waals surface area contributed by atoms with Crippen molar-refractivity contribution in [2.45, 2.75) is 13.0 Å². The number of carbonyl (C=O) groups excluding carboxylic acids is 1. The van der Waals surface area contributed by atoms with E-state index in [1.807, 2.05) is 12.3 Å². The van der Waals surface area contributed by atoms with E-state index in [1.54, 1.807) is 35.1 Å². The van der Waals surface area contributed by atoms with E-state index in [4.69, 9.17) is 11.6 Å². The van der Waals surface area contributed by atoms with Crippen molar-refractivity contribution in [3.8, 4) is 0 Å². The first-order valence-corrected chi connectivity index (χ1v) is 5.65. The molecule has 0 bridgehead atoms. The smallest absolute Gasteiger partial charge is 0.226 e. The number of anilines is 1. The SMILES string of the molecule is O=C(CCn1cccn1)Nc1cccc(Cl)c1. The summed E-state index contributed by atoms with van der Waals surface area (Å²) in [4.78, 5) is 11.6. The van der Waals surface area contributed by atoms with Gasteiger partial charge in [0.1, 0.15) is 0 Å². The highest BCUT2D eigenvalue weighted by Gasteiger charge is 2.03. The summed E-state index contributed by atoms with van der Waals surface area (Å²) in [5.74, 6) is -0.0530. The van der Waals surface area contributed by atoms with Gasteiger partial charge >= 0.3 is 0 Å². The Morgan fingerprint density at radius 2 is 2.29 bits per heavy atom. The van der Waals surface area contributed by atoms with Crippen molar-refractivity contribution < 1.29 is 4.79 Å². The minimum absolute atomic E-state index is 0.0530. The van der Waals surface area contributed by atoms with Gasteiger partial charge in [0.25, 0.3) is 0 Å². The van der Waals surface area contributed by atoms with E-state index >= 15 is 0 Å². The fraction of sp³-hybridized carbons (Fsp3) is 0.167. The third kappa shape index (κ3) is 3.60. The maximum absolute atomic E-state index is 11.6. The molecule has 0 fully saturated rings. The second kappa shape index (κ2) is 5.50. The number of hydrogen-bond acceptors (Lipinski definition) is 2. The highest BCUT2D eigenvalue weighted by Crippen LogP contribution is 2.14. The summed E-state index contributed by atoms with van der Waals surface area (Å²) in [5, 5.41) is 7.41. The Balaban J connectivity index is 1.85. The van der Waals surface area contributed by atoms with Gasteiger partial charge in [-0.1, -0.05) is 17.7 Å². The van der Waals surface area contributed by atoms with Gasteiger partial charge in [0.05, 0.1) is 0 Å². The Bertz CT molecular complexity index is 496. The monoisotopic (exact) mass is 249 g/mol. The van der Waals surface area contributed by atoms with Crippen molar-refractivity contribution in [2.75, 3.05) is 5.32 Å². The summed E-state index contributed by atoms with van der Waals surface area (Å²) in [6.45, 7) is 0.569. The third-order valence-electron chi connectivity index (χ3n) is 2.24. The second-order valence-electron chi connectivity index (χ2n) is 3.58. The molecular formula is C12H12ClN3O. The predicted molar refractivity (Wildman–Crippen MR) is 66.9 cm³/mol. The van der Waals surface area contributed by atoms with Crippen LogP contribution in [0.4, 0.5) is 5.69 Å². The molecule has 0 spiro atoms. The average Bonchev–Trinajstić information content (AvgIpc) is 2.79. The molecule has 5 heteroatoms. The lowest BCUT2D eigenvalue weighted by molar-refractivity contribution is -0.116. The summed E-state index contributed by atoms with van der Waals surface area (Å²) in [6.07, 6.45) is 3.90. The van der Waals surface area contributed by atoms with Crippen molar-refractivity contribution in [3.05, 3.63) is 47.7 Å². The van der Waals surface area contributed by atoms with Gasteiger partial charge in [-0.05, 0) is 24.3 Å². The Kier molecular flexibility index (Phi) is 3.77. The minimum Gasteiger partial charge on any atom is -0.326 e. The fourth-order valence-electron chi connectivity index (χ4n) is 1.44. The highest BCUT2D eigenvalue weighted by atomic mass is 35.5. The second-order valence-corrected chi connectivity index (χ2v) is 4.01. The number of aromatic nitrogens is 2. The van der Waals surface area contributed by atoms with E-state index in [-0.39, 0.29) is 5.91 Å². The average molecular weight is 250 g/mol. The number of nitrogens with one attached hydrogen (secondary N) is 1. The normalized spacial score (nSPS) is 10.2. The number of amides is 1. The van der Waals surface area contributed by atoms with Crippen LogP contribution in [0.25, 0.3) is 0 Å². The molecule has 0 radical (unpaired) electrons. The molecule has 4 nitrogen and oxygen atoms in total. The van der Waals surface area contributed by atoms with E-state index < -0.39 is 0 Å². The number of hydrogen-bond donors (Lipinski definition) is 1. The number of rotatable bonds is 4. The molecule has 0 saturated carbocycles. The van der Waals surface area contributed by atoms with Gasteiger partial charge in [0, 0.05) is 36.1 Å². The van der Waals surface area contributed by atoms with Crippen molar-refractivity contribution in [1.29, 1.82) is 0 Å². The van der Waals surface area contributed by atoms with Crippen LogP contribution in [0.1, 0.15) is 6.42 Å². The van der Waals surface area contributed by atoms with Gasteiger partial charge in [0.2, 0.25) is 5.91 Å². The van der Waals surface area contributed by atoms with Crippen LogP contribution in [0.3, 0.4) is 0 Å². The highest BCUT2D eigenvalue weighted by molar-refractivity contribution is 6.30. The lowest BCUT2D eigenvalue weighted by atomic mass is 10.3. The molecule has 0 atom stereocenters. The van der Waals surface area contributed by atoms with Crippen LogP contribution >= 0.6 is 11.6 Å². The lowest BCUT2D eigenvalue weighted by Crippen LogP contribution is -2.14. The summed E-state index contributed by atoms with van der Waals surface area (Å²) >= 11 is 5.82. The van der Waals surface area contributed by atoms with Gasteiger partial charge in [-0.3, -0.25) is 9.48 Å². The first-order chi connectivity index (χ1) is 8.24. The van der Waals surface area contributed by atoms with Gasteiger partial charge in [-0.15, -0.1) is 0 Å². The van der Waals surface area contributed by atoms with E-state index in [0.29, 0.717) is 23.7 Å². The molecule has 88 valence electrons. The van der Waals surface area contributed by atoms with Crippen LogP contribution in [-0.4, -0.2) is 15.7 Å². The Morgan fingerprint density at radius 3 is 3.00 bits per heavy atom. The molecule has 2 rings (SSSR count). The van der Waals surface area contributed by atoms with E-state index in [2.05, 4.69) is 10.4 Å². The molecule has 1 aromatic heterocycles. The molecule has 0 saturated heterocycles. The topological polar surface area (TPSA) is 46.9 Å². The summed E-state index contributed by atoms with van der Waals surface area (Å²) in [6, 6.07) is 8.91. The maximum Gasteiger partial charge on any atom is 0.226 e. The van der Waals surface area contributed by atoms with Gasteiger partial charge < -0.3 is 5.32 Å². The van der Waals surface area contributed by atoms with Gasteiger partial charge in [0.15, 0.2) is 0 Å². The zero-order valence-electron chi connectivity index (χ0n) is 9.14. The molecule has 0 unspecified atom stereocenters. The quantitative estimate of drug-likeness (QED) is 0.905. The van der Waals surface area contributed by atoms with Crippen molar-refractivity contribution in [2.24, 2.45) is 0 Å². The van der Waals surface area contributed by atoms with E-state index in [1.165, 1.54) is 0 Å². The van der Waals surface area contributed by atoms with Crippen LogP contribution in [0, 0.1) is 0 Å². The number of carbonyl (C=O) groups is 1. The Morgan fingerprint density at radius 1 is 1.41 bits per heavy atom. The third-order valence-corrected chi connectivity index (χ3v) is 2.47. The standard InChI is InChI=1S/C12H12ClN3O/c13-10-3-1-4-11(9-10)15-12(17)5-8-16-7-2-6-14-16/h1-4,6-7,9H,5,8H2,(H,15,17). The maximum atomic E-state index is 11.6. The molecule has 1 aromatic carbocycles. The number of halogens is 1. The van der Waals surface area contributed by atoms with Crippen LogP contribution in [0.5, 0.6) is 0 Å². The van der Waals surface area contributed by atoms with Crippen LogP contribution in [-0.2, 0) is 11.3 Å². The number of nitrogens with zero attached hydrogens (tertiary/aromatic N) is 2. The number of benzene rings is 1. The molecule has 0 aliphatic rings. The summed E-state index contributed by atoms with van der Waals surface area (Å²) in [5.41, 5.74) is 0.711. The molecule has 17 heavy (non-hydrogen) atoms. The lowest BCUT2D eigenvalue weighted by Gasteiger charge is -2.05. The van der Waals surface area contributed by atoms with Crippen LogP contribution in [0.15, 0.2) is 42.7 Å². The largest absolute Gasteiger partial charge is 0.326 e. The van der Waals surface area contributed by atoms with Crippen molar-refractivity contribution in [1.82, 2.24) is 9.78 Å². The van der Waals surface area contributed by atoms with Crippen molar-refractivity contribution >= 4 is 23.2 Å². The first kappa shape index (κ1) is 11.7. The molecule has 1 amide bonds. The van der Waals surface area contributed by atoms with E-state index in [9.17, 15) is 4.79 Å². The minimum atomic E-state index is -0.0530. The first-order valence-electron chi connectivity index (χ1n) is 5.27. The molecule has 1 N–H and O–H groups in total. The number of aryl methyl sites for hydroxylation is 1. The molecule has 1 heterocycles. The Labute approximate surface area is 104 Å². The molecule has 0 aliphatic carbocycles. The van der Waals surface area contributed by atoms with Gasteiger partial charge in [-0.2, -0.15) is 5.10 Å². The molecule has 0 aliphatic heterocycles. The predicted octanol–water partition coefficient (Wildman–Crippen LogP) is 2.57.